The van der Waals surface area contributed by atoms with Gasteiger partial charge in [0.05, 0.1) is 37.8 Å². The van der Waals surface area contributed by atoms with Gasteiger partial charge in [0.15, 0.2) is 0 Å². The lowest BCUT2D eigenvalue weighted by atomic mass is 10.1. The third-order valence-corrected chi connectivity index (χ3v) is 4.59. The molecule has 3 aromatic rings. The Hall–Kier alpha value is -3.00. The van der Waals surface area contributed by atoms with Crippen LogP contribution in [-0.2, 0) is 26.2 Å². The van der Waals surface area contributed by atoms with Gasteiger partial charge in [0.25, 0.3) is 0 Å². The lowest BCUT2D eigenvalue weighted by Gasteiger charge is -2.27. The summed E-state index contributed by atoms with van der Waals surface area (Å²) in [5.74, 6) is 1.19. The molecule has 1 aliphatic rings. The molecule has 3 heterocycles. The highest BCUT2D eigenvalue weighted by Crippen LogP contribution is 2.21. The third kappa shape index (κ3) is 4.06. The molecule has 140 valence electrons. The van der Waals surface area contributed by atoms with E-state index in [1.807, 2.05) is 4.68 Å². The van der Waals surface area contributed by atoms with E-state index in [4.69, 9.17) is 4.74 Å². The smallest absolute Gasteiger partial charge is 0.144 e. The van der Waals surface area contributed by atoms with E-state index in [1.165, 1.54) is 6.07 Å². The topological polar surface area (TPSA) is 68.1 Å². The molecule has 1 aromatic carbocycles. The van der Waals surface area contributed by atoms with E-state index in [9.17, 15) is 4.39 Å². The summed E-state index contributed by atoms with van der Waals surface area (Å²) in [6, 6.07) is 6.94. The SMILES string of the molecule is COc1ccc(F)c(CN2CCn3nc(CNc4cnccn4)cc3C2)c1. The second kappa shape index (κ2) is 7.71. The zero-order chi connectivity index (χ0) is 18.6. The lowest BCUT2D eigenvalue weighted by Crippen LogP contribution is -2.33. The molecule has 1 N–H and O–H groups in total. The highest BCUT2D eigenvalue weighted by molar-refractivity contribution is 5.31. The summed E-state index contributed by atoms with van der Waals surface area (Å²) >= 11 is 0. The van der Waals surface area contributed by atoms with Crippen molar-refractivity contribution in [3.8, 4) is 5.75 Å². The molecule has 0 unspecified atom stereocenters. The van der Waals surface area contributed by atoms with Gasteiger partial charge in [-0.15, -0.1) is 0 Å². The van der Waals surface area contributed by atoms with Crippen LogP contribution in [0.2, 0.25) is 0 Å². The monoisotopic (exact) mass is 368 g/mol. The van der Waals surface area contributed by atoms with Gasteiger partial charge in [-0.3, -0.25) is 14.6 Å². The molecule has 0 amide bonds. The van der Waals surface area contributed by atoms with Crippen molar-refractivity contribution in [1.29, 1.82) is 0 Å². The van der Waals surface area contributed by atoms with Crippen LogP contribution in [0.3, 0.4) is 0 Å². The Morgan fingerprint density at radius 2 is 2.15 bits per heavy atom. The molecule has 0 atom stereocenters. The first-order chi connectivity index (χ1) is 13.2. The molecule has 27 heavy (non-hydrogen) atoms. The molecule has 2 aromatic heterocycles. The van der Waals surface area contributed by atoms with Crippen LogP contribution in [0.25, 0.3) is 0 Å². The first-order valence-electron chi connectivity index (χ1n) is 8.81. The Morgan fingerprint density at radius 1 is 1.22 bits per heavy atom. The summed E-state index contributed by atoms with van der Waals surface area (Å²) in [7, 11) is 1.59. The van der Waals surface area contributed by atoms with Crippen molar-refractivity contribution in [3.05, 3.63) is 65.6 Å². The zero-order valence-electron chi connectivity index (χ0n) is 15.1. The maximum Gasteiger partial charge on any atom is 0.144 e. The highest BCUT2D eigenvalue weighted by Gasteiger charge is 2.19. The number of fused-ring (bicyclic) bond motifs is 1. The number of ether oxygens (including phenoxy) is 1. The van der Waals surface area contributed by atoms with Crippen molar-refractivity contribution in [2.75, 3.05) is 19.0 Å². The summed E-state index contributed by atoms with van der Waals surface area (Å²) in [5.41, 5.74) is 2.72. The highest BCUT2D eigenvalue weighted by atomic mass is 19.1. The average molecular weight is 368 g/mol. The minimum atomic E-state index is -0.205. The first-order valence-corrected chi connectivity index (χ1v) is 8.81. The summed E-state index contributed by atoms with van der Waals surface area (Å²) in [6.07, 6.45) is 4.97. The Labute approximate surface area is 156 Å². The molecule has 7 nitrogen and oxygen atoms in total. The van der Waals surface area contributed by atoms with Gasteiger partial charge in [-0.2, -0.15) is 5.10 Å². The molecule has 0 spiro atoms. The molecule has 1 aliphatic heterocycles. The number of aromatic nitrogens is 4. The Kier molecular flexibility index (Phi) is 4.97. The Bertz CT molecular complexity index is 914. The standard InChI is InChI=1S/C19H21FN6O/c1-27-17-2-3-18(20)14(8-17)12-25-6-7-26-16(13-25)9-15(24-26)10-23-19-11-21-4-5-22-19/h2-5,8-9,11H,6-7,10,12-13H2,1H3,(H,22,23). The maximum absolute atomic E-state index is 14.1. The van der Waals surface area contributed by atoms with E-state index in [2.05, 4.69) is 31.3 Å². The van der Waals surface area contributed by atoms with Crippen LogP contribution in [0.5, 0.6) is 5.75 Å². The number of benzene rings is 1. The molecule has 0 bridgehead atoms. The fraction of sp³-hybridized carbons (Fsp3) is 0.316. The summed E-state index contributed by atoms with van der Waals surface area (Å²) in [6.45, 7) is 3.47. The van der Waals surface area contributed by atoms with Gasteiger partial charge < -0.3 is 10.1 Å². The maximum atomic E-state index is 14.1. The van der Waals surface area contributed by atoms with Crippen LogP contribution >= 0.6 is 0 Å². The number of hydrogen-bond donors (Lipinski definition) is 1. The predicted molar refractivity (Wildman–Crippen MR) is 98.7 cm³/mol. The third-order valence-electron chi connectivity index (χ3n) is 4.59. The summed E-state index contributed by atoms with van der Waals surface area (Å²) < 4.78 is 21.3. The van der Waals surface area contributed by atoms with Gasteiger partial charge in [-0.25, -0.2) is 9.37 Å². The number of halogens is 1. The van der Waals surface area contributed by atoms with Gasteiger partial charge in [-0.1, -0.05) is 0 Å². The Balaban J connectivity index is 1.40. The second-order valence-corrected chi connectivity index (χ2v) is 6.46. The summed E-state index contributed by atoms with van der Waals surface area (Å²) in [5, 5.41) is 7.85. The molecule has 8 heteroatoms. The van der Waals surface area contributed by atoms with Crippen molar-refractivity contribution >= 4 is 5.82 Å². The fourth-order valence-electron chi connectivity index (χ4n) is 3.21. The summed E-state index contributed by atoms with van der Waals surface area (Å²) in [4.78, 5) is 10.4. The minimum absolute atomic E-state index is 0.205. The molecule has 0 saturated carbocycles. The van der Waals surface area contributed by atoms with Crippen molar-refractivity contribution in [3.63, 3.8) is 0 Å². The van der Waals surface area contributed by atoms with E-state index in [-0.39, 0.29) is 5.82 Å². The molecule has 0 aliphatic carbocycles. The van der Waals surface area contributed by atoms with Crippen LogP contribution < -0.4 is 10.1 Å². The minimum Gasteiger partial charge on any atom is -0.497 e. The molecule has 0 fully saturated rings. The first kappa shape index (κ1) is 17.4. The number of nitrogens with zero attached hydrogens (tertiary/aromatic N) is 5. The van der Waals surface area contributed by atoms with Gasteiger partial charge in [0, 0.05) is 37.6 Å². The van der Waals surface area contributed by atoms with Crippen molar-refractivity contribution in [2.45, 2.75) is 26.2 Å². The van der Waals surface area contributed by atoms with Gasteiger partial charge in [-0.05, 0) is 24.3 Å². The van der Waals surface area contributed by atoms with E-state index >= 15 is 0 Å². The number of methoxy groups -OCH3 is 1. The largest absolute Gasteiger partial charge is 0.497 e. The fourth-order valence-corrected chi connectivity index (χ4v) is 3.21. The second-order valence-electron chi connectivity index (χ2n) is 6.46. The van der Waals surface area contributed by atoms with Crippen LogP contribution in [0, 0.1) is 5.82 Å². The van der Waals surface area contributed by atoms with Gasteiger partial charge in [0.1, 0.15) is 17.4 Å². The molecular weight excluding hydrogens is 347 g/mol. The number of rotatable bonds is 6. The van der Waals surface area contributed by atoms with E-state index < -0.39 is 0 Å². The quantitative estimate of drug-likeness (QED) is 0.721. The number of hydrogen-bond acceptors (Lipinski definition) is 6. The lowest BCUT2D eigenvalue weighted by molar-refractivity contribution is 0.202. The van der Waals surface area contributed by atoms with Crippen LogP contribution in [0.15, 0.2) is 42.9 Å². The molecule has 0 radical (unpaired) electrons. The molecule has 0 saturated heterocycles. The number of anilines is 1. The average Bonchev–Trinajstić information content (AvgIpc) is 3.11. The van der Waals surface area contributed by atoms with Crippen molar-refractivity contribution in [1.82, 2.24) is 24.6 Å². The van der Waals surface area contributed by atoms with Crippen LogP contribution in [0.1, 0.15) is 17.0 Å². The zero-order valence-corrected chi connectivity index (χ0v) is 15.1. The van der Waals surface area contributed by atoms with Gasteiger partial charge >= 0.3 is 0 Å². The van der Waals surface area contributed by atoms with E-state index in [0.717, 1.165) is 36.8 Å². The van der Waals surface area contributed by atoms with Crippen molar-refractivity contribution < 1.29 is 9.13 Å². The molecular formula is C19H21FN6O. The van der Waals surface area contributed by atoms with Gasteiger partial charge in [0.2, 0.25) is 0 Å². The van der Waals surface area contributed by atoms with Crippen LogP contribution in [0.4, 0.5) is 10.2 Å². The molecule has 4 rings (SSSR count). The Morgan fingerprint density at radius 3 is 2.96 bits per heavy atom. The van der Waals surface area contributed by atoms with Crippen LogP contribution in [-0.4, -0.2) is 38.3 Å². The van der Waals surface area contributed by atoms with E-state index in [1.54, 1.807) is 37.8 Å². The van der Waals surface area contributed by atoms with Crippen molar-refractivity contribution in [2.24, 2.45) is 0 Å². The number of nitrogens with one attached hydrogen (secondary N) is 1. The van der Waals surface area contributed by atoms with E-state index in [0.29, 0.717) is 24.4 Å². The normalized spacial score (nSPS) is 14.0. The predicted octanol–water partition coefficient (Wildman–Crippen LogP) is 2.45.